The molecule has 0 saturated carbocycles. The number of amides is 1. The van der Waals surface area contributed by atoms with E-state index in [1.807, 2.05) is 71.3 Å². The maximum Gasteiger partial charge on any atom is 0.307 e. The van der Waals surface area contributed by atoms with Crippen molar-refractivity contribution >= 4 is 38.6 Å². The van der Waals surface area contributed by atoms with Gasteiger partial charge >= 0.3 is 5.97 Å². The minimum atomic E-state index is -0.934. The van der Waals surface area contributed by atoms with Crippen LogP contribution >= 0.6 is 11.3 Å². The Morgan fingerprint density at radius 1 is 1.05 bits per heavy atom. The number of thiazole rings is 1. The molecule has 0 saturated heterocycles. The number of carbonyl (C=O) groups excluding carboxylic acids is 2. The lowest BCUT2D eigenvalue weighted by molar-refractivity contribution is -0.159. The van der Waals surface area contributed by atoms with Gasteiger partial charge in [0.05, 0.1) is 35.8 Å². The molecule has 0 bridgehead atoms. The highest BCUT2D eigenvalue weighted by molar-refractivity contribution is 7.22. The predicted octanol–water partition coefficient (Wildman–Crippen LogP) is 5.12. The molecule has 1 aliphatic rings. The van der Waals surface area contributed by atoms with Crippen LogP contribution in [-0.4, -0.2) is 68.8 Å². The van der Waals surface area contributed by atoms with Crippen molar-refractivity contribution in [2.45, 2.75) is 52.1 Å². The van der Waals surface area contributed by atoms with Crippen LogP contribution in [0.4, 0.5) is 5.13 Å². The van der Waals surface area contributed by atoms with E-state index in [-0.39, 0.29) is 18.3 Å². The van der Waals surface area contributed by atoms with E-state index < -0.39 is 11.0 Å². The second-order valence-corrected chi connectivity index (χ2v) is 12.5. The quantitative estimate of drug-likeness (QED) is 0.255. The van der Waals surface area contributed by atoms with Gasteiger partial charge in [0, 0.05) is 25.7 Å². The van der Waals surface area contributed by atoms with E-state index in [1.165, 1.54) is 11.3 Å². The molecular weight excluding hydrogens is 514 g/mol. The first-order chi connectivity index (χ1) is 18.4. The molecule has 1 heterocycles. The van der Waals surface area contributed by atoms with E-state index >= 15 is 0 Å². The van der Waals surface area contributed by atoms with Gasteiger partial charge in [0.25, 0.3) is 0 Å². The normalized spacial score (nSPS) is 14.4. The average Bonchev–Trinajstić information content (AvgIpc) is 3.44. The molecule has 0 N–H and O–H groups in total. The molecule has 1 aromatic heterocycles. The Morgan fingerprint density at radius 3 is 2.31 bits per heavy atom. The third-order valence-corrected chi connectivity index (χ3v) is 7.89. The molecule has 2 aromatic carbocycles. The number of nitrogens with zero attached hydrogens (tertiary/aromatic N) is 3. The summed E-state index contributed by atoms with van der Waals surface area (Å²) in [5.41, 5.74) is 1.35. The van der Waals surface area contributed by atoms with Gasteiger partial charge in [-0.15, -0.1) is 0 Å². The minimum Gasteiger partial charge on any atom is -0.493 e. The van der Waals surface area contributed by atoms with Crippen LogP contribution in [0.1, 0.15) is 44.7 Å². The number of hydrogen-bond donors (Lipinski definition) is 0. The number of anilines is 1. The van der Waals surface area contributed by atoms with Crippen molar-refractivity contribution in [3.05, 3.63) is 47.5 Å². The Balaban J connectivity index is 1.60. The van der Waals surface area contributed by atoms with Crippen LogP contribution in [-0.2, 0) is 27.2 Å². The lowest BCUT2D eigenvalue weighted by Crippen LogP contribution is -2.45. The minimum absolute atomic E-state index is 0.00573. The molecular formula is C30H39N3O5S. The zero-order valence-electron chi connectivity index (χ0n) is 24.0. The number of rotatable bonds is 10. The lowest BCUT2D eigenvalue weighted by Gasteiger charge is -2.31. The molecule has 0 atom stereocenters. The van der Waals surface area contributed by atoms with Gasteiger partial charge < -0.3 is 19.1 Å². The first-order valence-corrected chi connectivity index (χ1v) is 14.1. The summed E-state index contributed by atoms with van der Waals surface area (Å²) in [6.07, 6.45) is 1.85. The van der Waals surface area contributed by atoms with E-state index in [9.17, 15) is 9.59 Å². The van der Waals surface area contributed by atoms with Crippen LogP contribution in [0.2, 0.25) is 0 Å². The number of carbonyl (C=O) groups is 2. The highest BCUT2D eigenvalue weighted by Gasteiger charge is 2.48. The molecule has 0 fully saturated rings. The van der Waals surface area contributed by atoms with Gasteiger partial charge in [-0.25, -0.2) is 4.98 Å². The van der Waals surface area contributed by atoms with Crippen molar-refractivity contribution in [3.8, 4) is 11.5 Å². The molecule has 3 aromatic rings. The molecule has 1 amide bonds. The number of ether oxygens (including phenoxy) is 3. The largest absolute Gasteiger partial charge is 0.493 e. The number of benzene rings is 2. The second kappa shape index (κ2) is 11.5. The summed E-state index contributed by atoms with van der Waals surface area (Å²) >= 11 is 1.41. The standard InChI is InChI=1S/C30H39N3O5S/c1-29(2,3)38-26(34)19-30(17-20-11-8-9-12-21(20)18-30)27(35)33(6)28-31-22-15-24(37-14-10-13-32(4)5)23(36-7)16-25(22)39-28/h8-9,11-12,15-16H,10,13-14,17-19H2,1-7H3. The van der Waals surface area contributed by atoms with Gasteiger partial charge in [-0.1, -0.05) is 35.6 Å². The van der Waals surface area contributed by atoms with Gasteiger partial charge in [0.2, 0.25) is 5.91 Å². The average molecular weight is 554 g/mol. The SMILES string of the molecule is COc1cc2sc(N(C)C(=O)C3(CC(=O)OC(C)(C)C)Cc4ccccc4C3)nc2cc1OCCCN(C)C. The van der Waals surface area contributed by atoms with Gasteiger partial charge in [-0.05, 0) is 65.3 Å². The molecule has 8 nitrogen and oxygen atoms in total. The topological polar surface area (TPSA) is 81.2 Å². The fourth-order valence-corrected chi connectivity index (χ4v) is 5.98. The number of methoxy groups -OCH3 is 1. The van der Waals surface area contributed by atoms with Gasteiger partial charge in [0.1, 0.15) is 5.60 Å². The van der Waals surface area contributed by atoms with Crippen LogP contribution < -0.4 is 14.4 Å². The summed E-state index contributed by atoms with van der Waals surface area (Å²) in [5, 5.41) is 0.557. The molecule has 4 rings (SSSR count). The van der Waals surface area contributed by atoms with Crippen LogP contribution in [0.25, 0.3) is 10.2 Å². The zero-order valence-corrected chi connectivity index (χ0v) is 24.8. The van der Waals surface area contributed by atoms with E-state index in [2.05, 4.69) is 4.90 Å². The summed E-state index contributed by atoms with van der Waals surface area (Å²) in [6.45, 7) is 7.00. The highest BCUT2D eigenvalue weighted by Crippen LogP contribution is 2.44. The van der Waals surface area contributed by atoms with Gasteiger partial charge in [0.15, 0.2) is 16.6 Å². The molecule has 1 aliphatic carbocycles. The third kappa shape index (κ3) is 6.70. The van der Waals surface area contributed by atoms with E-state index in [1.54, 1.807) is 19.1 Å². The molecule has 0 radical (unpaired) electrons. The van der Waals surface area contributed by atoms with Crippen molar-refractivity contribution in [1.82, 2.24) is 9.88 Å². The van der Waals surface area contributed by atoms with E-state index in [0.717, 1.165) is 34.3 Å². The van der Waals surface area contributed by atoms with Crippen LogP contribution in [0.15, 0.2) is 36.4 Å². The Hall–Kier alpha value is -3.17. The van der Waals surface area contributed by atoms with Crippen molar-refractivity contribution in [1.29, 1.82) is 0 Å². The first kappa shape index (κ1) is 28.8. The lowest BCUT2D eigenvalue weighted by atomic mass is 9.80. The fraction of sp³-hybridized carbons (Fsp3) is 0.500. The Labute approximate surface area is 234 Å². The molecule has 39 heavy (non-hydrogen) atoms. The number of aromatic nitrogens is 1. The zero-order chi connectivity index (χ0) is 28.4. The molecule has 0 spiro atoms. The van der Waals surface area contributed by atoms with Crippen molar-refractivity contribution in [3.63, 3.8) is 0 Å². The highest BCUT2D eigenvalue weighted by atomic mass is 32.1. The van der Waals surface area contributed by atoms with Gasteiger partial charge in [-0.3, -0.25) is 14.5 Å². The first-order valence-electron chi connectivity index (χ1n) is 13.2. The van der Waals surface area contributed by atoms with Crippen LogP contribution in [0.3, 0.4) is 0 Å². The Bertz CT molecular complexity index is 1320. The summed E-state index contributed by atoms with van der Waals surface area (Å²) in [7, 11) is 7.41. The summed E-state index contributed by atoms with van der Waals surface area (Å²) in [5.74, 6) is 0.740. The van der Waals surface area contributed by atoms with Gasteiger partial charge in [-0.2, -0.15) is 0 Å². The van der Waals surface area contributed by atoms with E-state index in [4.69, 9.17) is 19.2 Å². The summed E-state index contributed by atoms with van der Waals surface area (Å²) < 4.78 is 18.1. The monoisotopic (exact) mass is 553 g/mol. The number of fused-ring (bicyclic) bond motifs is 2. The summed E-state index contributed by atoms with van der Waals surface area (Å²) in [6, 6.07) is 11.8. The maximum atomic E-state index is 14.2. The fourth-order valence-electron chi connectivity index (χ4n) is 5.04. The smallest absolute Gasteiger partial charge is 0.307 e. The molecule has 0 unspecified atom stereocenters. The second-order valence-electron chi connectivity index (χ2n) is 11.5. The molecule has 0 aliphatic heterocycles. The summed E-state index contributed by atoms with van der Waals surface area (Å²) in [4.78, 5) is 35.6. The van der Waals surface area contributed by atoms with Crippen LogP contribution in [0.5, 0.6) is 11.5 Å². The van der Waals surface area contributed by atoms with Crippen molar-refractivity contribution in [2.24, 2.45) is 5.41 Å². The Kier molecular flexibility index (Phi) is 8.51. The van der Waals surface area contributed by atoms with Crippen molar-refractivity contribution < 1.29 is 23.8 Å². The number of esters is 1. The third-order valence-electron chi connectivity index (χ3n) is 6.79. The van der Waals surface area contributed by atoms with E-state index in [0.29, 0.717) is 36.1 Å². The van der Waals surface area contributed by atoms with Crippen molar-refractivity contribution in [2.75, 3.05) is 46.3 Å². The molecule has 210 valence electrons. The Morgan fingerprint density at radius 2 is 1.72 bits per heavy atom. The van der Waals surface area contributed by atoms with Crippen LogP contribution in [0, 0.1) is 5.41 Å². The number of hydrogen-bond acceptors (Lipinski definition) is 8. The maximum absolute atomic E-state index is 14.2. The predicted molar refractivity (Wildman–Crippen MR) is 155 cm³/mol. The molecule has 9 heteroatoms.